The molecule has 0 radical (unpaired) electrons. The SMILES string of the molecule is C[C@@H](Nc1cccc(C(N)=O)c1)C(=O)c1c(N)n(C)c(=O)n(C)c1=O. The van der Waals surface area contributed by atoms with Crippen molar-refractivity contribution in [3.05, 3.63) is 56.2 Å². The molecule has 1 heterocycles. The van der Waals surface area contributed by atoms with Crippen LogP contribution in [0.25, 0.3) is 0 Å². The molecule has 25 heavy (non-hydrogen) atoms. The fourth-order valence-corrected chi connectivity index (χ4v) is 2.39. The van der Waals surface area contributed by atoms with Crippen LogP contribution in [-0.4, -0.2) is 26.9 Å². The molecule has 0 aliphatic rings. The highest BCUT2D eigenvalue weighted by molar-refractivity contribution is 6.04. The summed E-state index contributed by atoms with van der Waals surface area (Å²) in [5.41, 5.74) is 10.1. The molecule has 0 unspecified atom stereocenters. The van der Waals surface area contributed by atoms with E-state index in [0.717, 1.165) is 9.13 Å². The molecule has 0 spiro atoms. The van der Waals surface area contributed by atoms with Gasteiger partial charge >= 0.3 is 5.69 Å². The number of hydrogen-bond acceptors (Lipinski definition) is 6. The second-order valence-electron chi connectivity index (χ2n) is 5.64. The van der Waals surface area contributed by atoms with Gasteiger partial charge in [-0.05, 0) is 25.1 Å². The first-order chi connectivity index (χ1) is 11.6. The van der Waals surface area contributed by atoms with Crippen LogP contribution in [0.4, 0.5) is 11.5 Å². The van der Waals surface area contributed by atoms with Crippen molar-refractivity contribution < 1.29 is 9.59 Å². The molecule has 1 aromatic carbocycles. The molecule has 0 saturated heterocycles. The average molecular weight is 345 g/mol. The molecule has 9 nitrogen and oxygen atoms in total. The summed E-state index contributed by atoms with van der Waals surface area (Å²) in [4.78, 5) is 48.0. The molecule has 1 atom stereocenters. The van der Waals surface area contributed by atoms with Crippen LogP contribution in [0, 0.1) is 0 Å². The lowest BCUT2D eigenvalue weighted by atomic mass is 10.1. The molecule has 132 valence electrons. The quantitative estimate of drug-likeness (QED) is 0.621. The summed E-state index contributed by atoms with van der Waals surface area (Å²) in [7, 11) is 2.65. The summed E-state index contributed by atoms with van der Waals surface area (Å²) in [5, 5.41) is 2.89. The number of carbonyl (C=O) groups is 2. The first-order valence-corrected chi connectivity index (χ1v) is 7.41. The third-order valence-corrected chi connectivity index (χ3v) is 3.88. The summed E-state index contributed by atoms with van der Waals surface area (Å²) < 4.78 is 1.86. The highest BCUT2D eigenvalue weighted by atomic mass is 16.2. The number of aromatic nitrogens is 2. The van der Waals surface area contributed by atoms with Crippen LogP contribution in [0.2, 0.25) is 0 Å². The topological polar surface area (TPSA) is 142 Å². The summed E-state index contributed by atoms with van der Waals surface area (Å²) >= 11 is 0. The summed E-state index contributed by atoms with van der Waals surface area (Å²) in [6, 6.07) is 5.47. The molecule has 0 fully saturated rings. The van der Waals surface area contributed by atoms with E-state index in [2.05, 4.69) is 5.32 Å². The minimum Gasteiger partial charge on any atom is -0.384 e. The largest absolute Gasteiger partial charge is 0.384 e. The molecule has 1 aromatic heterocycles. The Balaban J connectivity index is 2.39. The molecule has 1 amide bonds. The van der Waals surface area contributed by atoms with Gasteiger partial charge in [-0.3, -0.25) is 23.5 Å². The first kappa shape index (κ1) is 18.0. The van der Waals surface area contributed by atoms with Crippen LogP contribution >= 0.6 is 0 Å². The van der Waals surface area contributed by atoms with Crippen molar-refractivity contribution in [2.75, 3.05) is 11.1 Å². The lowest BCUT2D eigenvalue weighted by Gasteiger charge is -2.17. The van der Waals surface area contributed by atoms with Gasteiger partial charge < -0.3 is 16.8 Å². The number of primary amides is 1. The van der Waals surface area contributed by atoms with Crippen LogP contribution in [0.5, 0.6) is 0 Å². The highest BCUT2D eigenvalue weighted by Gasteiger charge is 2.24. The van der Waals surface area contributed by atoms with E-state index in [1.165, 1.54) is 20.2 Å². The standard InChI is InChI=1S/C16H19N5O4/c1-8(19-10-6-4-5-9(7-10)14(18)23)12(22)11-13(17)20(2)16(25)21(3)15(11)24/h4-8,19H,17H2,1-3H3,(H2,18,23)/t8-/m1/s1. The molecule has 0 bridgehead atoms. The van der Waals surface area contributed by atoms with Crippen molar-refractivity contribution in [2.45, 2.75) is 13.0 Å². The first-order valence-electron chi connectivity index (χ1n) is 7.41. The Morgan fingerprint density at radius 2 is 1.80 bits per heavy atom. The predicted octanol–water partition coefficient (Wildman–Crippen LogP) is -0.552. The number of benzene rings is 1. The lowest BCUT2D eigenvalue weighted by Crippen LogP contribution is -2.43. The third kappa shape index (κ3) is 3.30. The molecule has 5 N–H and O–H groups in total. The van der Waals surface area contributed by atoms with Gasteiger partial charge in [0.2, 0.25) is 5.91 Å². The molecular formula is C16H19N5O4. The van der Waals surface area contributed by atoms with E-state index < -0.39 is 29.0 Å². The van der Waals surface area contributed by atoms with Crippen molar-refractivity contribution in [1.29, 1.82) is 0 Å². The Morgan fingerprint density at radius 1 is 1.16 bits per heavy atom. The zero-order valence-corrected chi connectivity index (χ0v) is 14.1. The smallest absolute Gasteiger partial charge is 0.332 e. The normalized spacial score (nSPS) is 11.8. The Morgan fingerprint density at radius 3 is 2.40 bits per heavy atom. The van der Waals surface area contributed by atoms with E-state index >= 15 is 0 Å². The number of Topliss-reactive ketones (excluding diaryl/α,β-unsaturated/α-hetero) is 1. The van der Waals surface area contributed by atoms with Gasteiger partial charge in [0.05, 0.1) is 6.04 Å². The number of hydrogen-bond donors (Lipinski definition) is 3. The number of carbonyl (C=O) groups excluding carboxylic acids is 2. The minimum atomic E-state index is -0.823. The van der Waals surface area contributed by atoms with Crippen molar-refractivity contribution in [3.8, 4) is 0 Å². The molecule has 2 aromatic rings. The summed E-state index contributed by atoms with van der Waals surface area (Å²) in [5.74, 6) is -1.37. The maximum Gasteiger partial charge on any atom is 0.332 e. The van der Waals surface area contributed by atoms with E-state index in [1.807, 2.05) is 0 Å². The van der Waals surface area contributed by atoms with Crippen LogP contribution in [0.3, 0.4) is 0 Å². The Bertz CT molecular complexity index is 973. The number of amides is 1. The maximum absolute atomic E-state index is 12.7. The van der Waals surface area contributed by atoms with Crippen molar-refractivity contribution in [1.82, 2.24) is 9.13 Å². The van der Waals surface area contributed by atoms with Gasteiger partial charge in [-0.1, -0.05) is 6.07 Å². The van der Waals surface area contributed by atoms with Crippen LogP contribution < -0.4 is 28.0 Å². The molecule has 0 aliphatic heterocycles. The Kier molecular flexibility index (Phi) is 4.77. The highest BCUT2D eigenvalue weighted by Crippen LogP contribution is 2.14. The zero-order valence-electron chi connectivity index (χ0n) is 14.1. The summed E-state index contributed by atoms with van der Waals surface area (Å²) in [6.07, 6.45) is 0. The molecular weight excluding hydrogens is 326 g/mol. The van der Waals surface area contributed by atoms with Gasteiger partial charge in [0.1, 0.15) is 11.4 Å². The second kappa shape index (κ2) is 6.63. The van der Waals surface area contributed by atoms with Crippen LogP contribution in [-0.2, 0) is 14.1 Å². The van der Waals surface area contributed by atoms with Gasteiger partial charge in [0.15, 0.2) is 5.78 Å². The number of nitrogens with one attached hydrogen (secondary N) is 1. The number of rotatable bonds is 5. The number of anilines is 2. The second-order valence-corrected chi connectivity index (χ2v) is 5.64. The van der Waals surface area contributed by atoms with Gasteiger partial charge in [0, 0.05) is 25.3 Å². The molecule has 2 rings (SSSR count). The monoisotopic (exact) mass is 345 g/mol. The van der Waals surface area contributed by atoms with E-state index in [9.17, 15) is 19.2 Å². The molecule has 9 heteroatoms. The Labute approximate surface area is 142 Å². The van der Waals surface area contributed by atoms with Crippen LogP contribution in [0.1, 0.15) is 27.6 Å². The number of ketones is 1. The Hall–Kier alpha value is -3.36. The van der Waals surface area contributed by atoms with E-state index in [0.29, 0.717) is 5.69 Å². The third-order valence-electron chi connectivity index (χ3n) is 3.88. The summed E-state index contributed by atoms with van der Waals surface area (Å²) in [6.45, 7) is 1.54. The van der Waals surface area contributed by atoms with E-state index in [1.54, 1.807) is 25.1 Å². The average Bonchev–Trinajstić information content (AvgIpc) is 2.58. The zero-order chi connectivity index (χ0) is 18.9. The van der Waals surface area contributed by atoms with Crippen molar-refractivity contribution in [3.63, 3.8) is 0 Å². The van der Waals surface area contributed by atoms with Crippen molar-refractivity contribution >= 4 is 23.2 Å². The van der Waals surface area contributed by atoms with Gasteiger partial charge in [-0.25, -0.2) is 4.79 Å². The maximum atomic E-state index is 12.7. The molecule has 0 saturated carbocycles. The van der Waals surface area contributed by atoms with E-state index in [-0.39, 0.29) is 16.9 Å². The molecule has 0 aliphatic carbocycles. The number of nitrogen functional groups attached to an aromatic ring is 1. The lowest BCUT2D eigenvalue weighted by molar-refractivity contribution is 0.0972. The van der Waals surface area contributed by atoms with Crippen LogP contribution in [0.15, 0.2) is 33.9 Å². The van der Waals surface area contributed by atoms with Gasteiger partial charge in [-0.2, -0.15) is 0 Å². The fourth-order valence-electron chi connectivity index (χ4n) is 2.39. The van der Waals surface area contributed by atoms with Gasteiger partial charge in [0.25, 0.3) is 5.56 Å². The van der Waals surface area contributed by atoms with E-state index in [4.69, 9.17) is 11.5 Å². The predicted molar refractivity (Wildman–Crippen MR) is 93.7 cm³/mol. The van der Waals surface area contributed by atoms with Gasteiger partial charge in [-0.15, -0.1) is 0 Å². The fraction of sp³-hybridized carbons (Fsp3) is 0.250. The minimum absolute atomic E-state index is 0.197. The van der Waals surface area contributed by atoms with Crippen molar-refractivity contribution in [2.24, 2.45) is 19.8 Å². The number of nitrogens with zero attached hydrogens (tertiary/aromatic N) is 2. The number of nitrogens with two attached hydrogens (primary N) is 2.